The van der Waals surface area contributed by atoms with Crippen LogP contribution in [0, 0.1) is 0 Å². The first-order chi connectivity index (χ1) is 15.3. The van der Waals surface area contributed by atoms with Crippen LogP contribution in [0.15, 0.2) is 41.6 Å². The second-order valence-corrected chi connectivity index (χ2v) is 8.67. The zero-order chi connectivity index (χ0) is 26.1. The van der Waals surface area contributed by atoms with Crippen LogP contribution in [0.2, 0.25) is 5.02 Å². The molecule has 16 heteroatoms. The molecule has 0 aliphatic rings. The number of hydrogen-bond acceptors (Lipinski definition) is 4. The summed E-state index contributed by atoms with van der Waals surface area (Å²) < 4.78 is 140. The van der Waals surface area contributed by atoms with Crippen LogP contribution >= 0.6 is 11.6 Å². The van der Waals surface area contributed by atoms with Gasteiger partial charge in [0.25, 0.3) is 0 Å². The predicted molar refractivity (Wildman–Crippen MR) is 103 cm³/mol. The average Bonchev–Trinajstić information content (AvgIpc) is 2.66. The number of benzene rings is 2. The molecule has 0 fully saturated rings. The van der Waals surface area contributed by atoms with Crippen LogP contribution < -0.4 is 4.72 Å². The first kappa shape index (κ1) is 27.6. The number of anilines is 1. The summed E-state index contributed by atoms with van der Waals surface area (Å²) >= 11 is 5.76. The Kier molecular flexibility index (Phi) is 7.72. The summed E-state index contributed by atoms with van der Waals surface area (Å²) in [5, 5.41) is 3.38. The molecule has 0 aliphatic heterocycles. The first-order valence-electron chi connectivity index (χ1n) is 8.66. The monoisotopic (exact) mass is 542 g/mol. The van der Waals surface area contributed by atoms with Crippen LogP contribution in [0.4, 0.5) is 45.2 Å². The average molecular weight is 543 g/mol. The SMILES string of the molecule is C/C(=N\OCc1ccc(C(F)(F)F)cc1C(F)(F)F)c1cc(Cl)ccc1NS(=O)(=O)C(F)(F)F. The van der Waals surface area contributed by atoms with E-state index in [4.69, 9.17) is 16.4 Å². The Morgan fingerprint density at radius 1 is 0.971 bits per heavy atom. The molecule has 0 aromatic heterocycles. The Labute approximate surface area is 191 Å². The maximum Gasteiger partial charge on any atom is 0.516 e. The molecule has 0 amide bonds. The third-order valence-electron chi connectivity index (χ3n) is 4.08. The van der Waals surface area contributed by atoms with Crippen molar-refractivity contribution in [2.75, 3.05) is 4.72 Å². The van der Waals surface area contributed by atoms with E-state index in [-0.39, 0.29) is 22.4 Å². The van der Waals surface area contributed by atoms with Gasteiger partial charge in [-0.05, 0) is 37.3 Å². The standard InChI is InChI=1S/C18H12ClF9N2O3S/c1-9(13-7-12(19)4-5-15(13)30-34(31,32)18(26,27)28)29-33-8-10-2-3-11(16(20,21)22)6-14(10)17(23,24)25/h2-7,30H,8H2,1H3/b29-9+. The predicted octanol–water partition coefficient (Wildman–Crippen LogP) is 6.58. The zero-order valence-electron chi connectivity index (χ0n) is 16.5. The maximum atomic E-state index is 13.2. The fourth-order valence-corrected chi connectivity index (χ4v) is 3.25. The highest BCUT2D eigenvalue weighted by Gasteiger charge is 2.46. The Morgan fingerprint density at radius 3 is 2.12 bits per heavy atom. The molecule has 0 heterocycles. The molecular weight excluding hydrogens is 531 g/mol. The van der Waals surface area contributed by atoms with E-state index in [2.05, 4.69) is 5.16 Å². The molecule has 1 N–H and O–H groups in total. The van der Waals surface area contributed by atoms with Crippen LogP contribution in [0.25, 0.3) is 0 Å². The van der Waals surface area contributed by atoms with Crippen molar-refractivity contribution in [1.82, 2.24) is 0 Å². The Bertz CT molecular complexity index is 1190. The number of sulfonamides is 1. The summed E-state index contributed by atoms with van der Waals surface area (Å²) in [7, 11) is -5.83. The molecule has 0 spiro atoms. The van der Waals surface area contributed by atoms with Gasteiger partial charge in [-0.2, -0.15) is 47.9 Å². The lowest BCUT2D eigenvalue weighted by Crippen LogP contribution is -2.30. The minimum absolute atomic E-state index is 0.0541. The van der Waals surface area contributed by atoms with Crippen molar-refractivity contribution in [2.24, 2.45) is 5.16 Å². The minimum atomic E-state index is -5.83. The molecule has 0 radical (unpaired) electrons. The number of halogens is 10. The Hall–Kier alpha value is -2.68. The smallest absolute Gasteiger partial charge is 0.391 e. The number of nitrogens with one attached hydrogen (secondary N) is 1. The Morgan fingerprint density at radius 2 is 1.59 bits per heavy atom. The highest BCUT2D eigenvalue weighted by Crippen LogP contribution is 2.37. The van der Waals surface area contributed by atoms with E-state index in [1.165, 1.54) is 4.72 Å². The van der Waals surface area contributed by atoms with Gasteiger partial charge in [0.05, 0.1) is 22.5 Å². The molecule has 0 aliphatic carbocycles. The maximum absolute atomic E-state index is 13.2. The van der Waals surface area contributed by atoms with Gasteiger partial charge in [0.2, 0.25) is 0 Å². The van der Waals surface area contributed by atoms with Gasteiger partial charge in [0, 0.05) is 16.1 Å². The Balaban J connectivity index is 2.34. The van der Waals surface area contributed by atoms with Gasteiger partial charge in [-0.25, -0.2) is 0 Å². The van der Waals surface area contributed by atoms with E-state index < -0.39 is 56.9 Å². The lowest BCUT2D eigenvalue weighted by molar-refractivity contribution is -0.143. The highest BCUT2D eigenvalue weighted by atomic mass is 35.5. The second kappa shape index (κ2) is 9.52. The molecule has 34 heavy (non-hydrogen) atoms. The lowest BCUT2D eigenvalue weighted by atomic mass is 10.0. The van der Waals surface area contributed by atoms with Crippen molar-refractivity contribution < 1.29 is 52.8 Å². The van der Waals surface area contributed by atoms with E-state index in [0.717, 1.165) is 25.1 Å². The van der Waals surface area contributed by atoms with Crippen molar-refractivity contribution in [2.45, 2.75) is 31.4 Å². The topological polar surface area (TPSA) is 67.8 Å². The molecule has 2 aromatic carbocycles. The molecule has 0 saturated heterocycles. The first-order valence-corrected chi connectivity index (χ1v) is 10.5. The summed E-state index contributed by atoms with van der Waals surface area (Å²) in [6.07, 6.45) is -10.2. The quantitative estimate of drug-likeness (QED) is 0.255. The summed E-state index contributed by atoms with van der Waals surface area (Å²) in [4.78, 5) is 4.75. The van der Waals surface area contributed by atoms with Gasteiger partial charge in [-0.3, -0.25) is 4.72 Å². The highest BCUT2D eigenvalue weighted by molar-refractivity contribution is 7.93. The number of nitrogens with zero attached hydrogens (tertiary/aromatic N) is 1. The molecule has 0 saturated carbocycles. The summed E-state index contributed by atoms with van der Waals surface area (Å²) in [5.74, 6) is 0. The number of rotatable bonds is 6. The van der Waals surface area contributed by atoms with Crippen LogP contribution in [0.3, 0.4) is 0 Å². The van der Waals surface area contributed by atoms with Gasteiger partial charge in [0.1, 0.15) is 6.61 Å². The van der Waals surface area contributed by atoms with E-state index in [0.29, 0.717) is 12.1 Å². The third-order valence-corrected chi connectivity index (χ3v) is 5.42. The van der Waals surface area contributed by atoms with Crippen LogP contribution in [-0.4, -0.2) is 19.6 Å². The van der Waals surface area contributed by atoms with Gasteiger partial charge in [-0.1, -0.05) is 22.8 Å². The lowest BCUT2D eigenvalue weighted by Gasteiger charge is -2.16. The largest absolute Gasteiger partial charge is 0.516 e. The minimum Gasteiger partial charge on any atom is -0.391 e. The van der Waals surface area contributed by atoms with Gasteiger partial charge < -0.3 is 4.84 Å². The van der Waals surface area contributed by atoms with Crippen LogP contribution in [0.1, 0.15) is 29.2 Å². The molecular formula is C18H12ClF9N2O3S. The molecule has 188 valence electrons. The fraction of sp³-hybridized carbons (Fsp3) is 0.278. The molecule has 2 aromatic rings. The van der Waals surface area contributed by atoms with Crippen molar-refractivity contribution in [3.63, 3.8) is 0 Å². The molecule has 5 nitrogen and oxygen atoms in total. The summed E-state index contributed by atoms with van der Waals surface area (Å²) in [6, 6.07) is 3.81. The van der Waals surface area contributed by atoms with Crippen LogP contribution in [-0.2, 0) is 33.8 Å². The third kappa shape index (κ3) is 6.68. The van der Waals surface area contributed by atoms with E-state index >= 15 is 0 Å². The number of alkyl halides is 9. The van der Waals surface area contributed by atoms with Gasteiger partial charge in [0.15, 0.2) is 0 Å². The zero-order valence-corrected chi connectivity index (χ0v) is 18.1. The number of hydrogen-bond donors (Lipinski definition) is 1. The fourth-order valence-electron chi connectivity index (χ4n) is 2.50. The van der Waals surface area contributed by atoms with Gasteiger partial charge in [-0.15, -0.1) is 0 Å². The second-order valence-electron chi connectivity index (χ2n) is 6.56. The molecule has 2 rings (SSSR count). The normalized spacial score (nSPS) is 13.7. The van der Waals surface area contributed by atoms with Crippen molar-refractivity contribution in [3.05, 3.63) is 63.7 Å². The molecule has 0 atom stereocenters. The summed E-state index contributed by atoms with van der Waals surface area (Å²) in [6.45, 7) is 0.156. The molecule has 0 unspecified atom stereocenters. The van der Waals surface area contributed by atoms with Crippen LogP contribution in [0.5, 0.6) is 0 Å². The summed E-state index contributed by atoms with van der Waals surface area (Å²) in [5.41, 5.74) is -10.7. The van der Waals surface area contributed by atoms with Gasteiger partial charge >= 0.3 is 27.9 Å². The van der Waals surface area contributed by atoms with Crippen molar-refractivity contribution in [3.8, 4) is 0 Å². The van der Waals surface area contributed by atoms with Crippen molar-refractivity contribution >= 4 is 33.0 Å². The molecule has 0 bridgehead atoms. The van der Waals surface area contributed by atoms with E-state index in [1.807, 2.05) is 0 Å². The van der Waals surface area contributed by atoms with E-state index in [1.54, 1.807) is 0 Å². The number of oxime groups is 1. The van der Waals surface area contributed by atoms with Crippen molar-refractivity contribution in [1.29, 1.82) is 0 Å². The van der Waals surface area contributed by atoms with E-state index in [9.17, 15) is 47.9 Å².